The van der Waals surface area contributed by atoms with Crippen LogP contribution < -0.4 is 0 Å². The van der Waals surface area contributed by atoms with E-state index in [1.54, 1.807) is 0 Å². The van der Waals surface area contributed by atoms with Crippen LogP contribution >= 0.6 is 11.6 Å². The number of halogens is 3. The smallest absolute Gasteiger partial charge is 0.131 e. The zero-order valence-corrected chi connectivity index (χ0v) is 14.3. The van der Waals surface area contributed by atoms with Crippen molar-refractivity contribution in [3.8, 4) is 11.1 Å². The Balaban J connectivity index is 2.19. The molecule has 122 valence electrons. The topological polar surface area (TPSA) is 0 Å². The van der Waals surface area contributed by atoms with Crippen molar-refractivity contribution in [3.63, 3.8) is 0 Å². The highest BCUT2D eigenvalue weighted by molar-refractivity contribution is 6.17. The van der Waals surface area contributed by atoms with Crippen molar-refractivity contribution in [2.75, 3.05) is 0 Å². The molecule has 1 fully saturated rings. The molecular formula is C20H21ClF2. The summed E-state index contributed by atoms with van der Waals surface area (Å²) in [7, 11) is 0. The molecule has 0 spiro atoms. The van der Waals surface area contributed by atoms with Gasteiger partial charge in [-0.3, -0.25) is 0 Å². The molecule has 0 aromatic heterocycles. The molecule has 0 bridgehead atoms. The Morgan fingerprint density at radius 2 is 1.87 bits per heavy atom. The highest BCUT2D eigenvalue weighted by Gasteiger charge is 2.37. The monoisotopic (exact) mass is 334 g/mol. The fourth-order valence-corrected chi connectivity index (χ4v) is 4.00. The Morgan fingerprint density at radius 1 is 1.09 bits per heavy atom. The molecule has 23 heavy (non-hydrogen) atoms. The standard InChI is InChI=1S/C20H21ClF2/c1-20(2)9-3-4-18(20)16-10-13(12-21)5-7-15(16)17-11-14(22)6-8-19(17)23/h5-8,10-11,18H,3-4,9,12H2,1-2H3/t18-/m0/s1. The zero-order chi connectivity index (χ0) is 16.6. The highest BCUT2D eigenvalue weighted by Crippen LogP contribution is 2.51. The van der Waals surface area contributed by atoms with Gasteiger partial charge in [0.2, 0.25) is 0 Å². The molecule has 0 amide bonds. The van der Waals surface area contributed by atoms with Gasteiger partial charge in [0.05, 0.1) is 0 Å². The third kappa shape index (κ3) is 3.14. The van der Waals surface area contributed by atoms with Crippen LogP contribution in [-0.2, 0) is 5.88 Å². The van der Waals surface area contributed by atoms with E-state index in [0.717, 1.165) is 42.0 Å². The van der Waals surface area contributed by atoms with Crippen molar-refractivity contribution in [3.05, 3.63) is 59.2 Å². The lowest BCUT2D eigenvalue weighted by Gasteiger charge is -2.29. The van der Waals surface area contributed by atoms with Crippen molar-refractivity contribution >= 4 is 11.6 Å². The van der Waals surface area contributed by atoms with E-state index in [1.807, 2.05) is 12.1 Å². The van der Waals surface area contributed by atoms with Gasteiger partial charge >= 0.3 is 0 Å². The Bertz CT molecular complexity index is 722. The van der Waals surface area contributed by atoms with Crippen LogP contribution in [0.1, 0.15) is 50.2 Å². The highest BCUT2D eigenvalue weighted by atomic mass is 35.5. The Hall–Kier alpha value is -1.41. The summed E-state index contributed by atoms with van der Waals surface area (Å²) >= 11 is 6.00. The second-order valence-corrected chi connectivity index (χ2v) is 7.38. The van der Waals surface area contributed by atoms with E-state index in [4.69, 9.17) is 11.6 Å². The minimum atomic E-state index is -0.417. The van der Waals surface area contributed by atoms with Gasteiger partial charge in [-0.05, 0) is 59.1 Å². The minimum absolute atomic E-state index is 0.156. The maximum absolute atomic E-state index is 14.3. The summed E-state index contributed by atoms with van der Waals surface area (Å²) in [6.45, 7) is 4.51. The largest absolute Gasteiger partial charge is 0.207 e. The lowest BCUT2D eigenvalue weighted by Crippen LogP contribution is -2.16. The molecule has 2 aromatic carbocycles. The van der Waals surface area contributed by atoms with Crippen molar-refractivity contribution in [1.29, 1.82) is 0 Å². The average molecular weight is 335 g/mol. The first kappa shape index (κ1) is 16.4. The summed E-state index contributed by atoms with van der Waals surface area (Å²) in [5, 5.41) is 0. The first-order valence-corrected chi connectivity index (χ1v) is 8.60. The first-order chi connectivity index (χ1) is 10.9. The molecule has 1 aliphatic carbocycles. The van der Waals surface area contributed by atoms with Gasteiger partial charge in [0.25, 0.3) is 0 Å². The number of alkyl halides is 1. The molecule has 1 aliphatic rings. The molecule has 1 atom stereocenters. The fourth-order valence-electron chi connectivity index (χ4n) is 3.84. The van der Waals surface area contributed by atoms with E-state index >= 15 is 0 Å². The van der Waals surface area contributed by atoms with Crippen LogP contribution in [-0.4, -0.2) is 0 Å². The van der Waals surface area contributed by atoms with Crippen molar-refractivity contribution in [2.45, 2.75) is 44.9 Å². The summed E-state index contributed by atoms with van der Waals surface area (Å²) in [4.78, 5) is 0. The Kier molecular flexibility index (Phi) is 4.46. The fraction of sp³-hybridized carbons (Fsp3) is 0.400. The van der Waals surface area contributed by atoms with Crippen LogP contribution in [0.4, 0.5) is 8.78 Å². The number of hydrogen-bond donors (Lipinski definition) is 0. The maximum Gasteiger partial charge on any atom is 0.131 e. The predicted octanol–water partition coefficient (Wildman–Crippen LogP) is 6.66. The third-order valence-electron chi connectivity index (χ3n) is 5.12. The van der Waals surface area contributed by atoms with Crippen LogP contribution in [0.25, 0.3) is 11.1 Å². The van der Waals surface area contributed by atoms with E-state index in [0.29, 0.717) is 17.4 Å². The zero-order valence-electron chi connectivity index (χ0n) is 13.5. The average Bonchev–Trinajstić information content (AvgIpc) is 2.88. The molecular weight excluding hydrogens is 314 g/mol. The van der Waals surface area contributed by atoms with Gasteiger partial charge in [-0.2, -0.15) is 0 Å². The molecule has 0 N–H and O–H groups in total. The van der Waals surface area contributed by atoms with E-state index in [9.17, 15) is 8.78 Å². The second-order valence-electron chi connectivity index (χ2n) is 7.11. The normalized spacial score (nSPS) is 20.0. The molecule has 0 heterocycles. The lowest BCUT2D eigenvalue weighted by molar-refractivity contribution is 0.332. The molecule has 1 saturated carbocycles. The predicted molar refractivity (Wildman–Crippen MR) is 91.7 cm³/mol. The van der Waals surface area contributed by atoms with Crippen molar-refractivity contribution in [2.24, 2.45) is 5.41 Å². The van der Waals surface area contributed by atoms with Crippen LogP contribution in [0.15, 0.2) is 36.4 Å². The molecule has 3 rings (SSSR count). The van der Waals surface area contributed by atoms with Gasteiger partial charge < -0.3 is 0 Å². The Labute approximate surface area is 141 Å². The molecule has 2 aromatic rings. The molecule has 0 radical (unpaired) electrons. The molecule has 0 unspecified atom stereocenters. The SMILES string of the molecule is CC1(C)CCC[C@H]1c1cc(CCl)ccc1-c1cc(F)ccc1F. The van der Waals surface area contributed by atoms with Gasteiger partial charge in [0.15, 0.2) is 0 Å². The van der Waals surface area contributed by atoms with Gasteiger partial charge in [0, 0.05) is 11.4 Å². The number of rotatable bonds is 3. The van der Waals surface area contributed by atoms with Gasteiger partial charge in [-0.1, -0.05) is 38.5 Å². The summed E-state index contributed by atoms with van der Waals surface area (Å²) in [5.74, 6) is -0.0450. The second kappa shape index (κ2) is 6.24. The molecule has 0 nitrogen and oxygen atoms in total. The van der Waals surface area contributed by atoms with E-state index in [1.165, 1.54) is 12.1 Å². The summed E-state index contributed by atoms with van der Waals surface area (Å²) in [6.07, 6.45) is 3.38. The van der Waals surface area contributed by atoms with Gasteiger partial charge in [-0.25, -0.2) is 8.78 Å². The van der Waals surface area contributed by atoms with E-state index in [2.05, 4.69) is 19.9 Å². The van der Waals surface area contributed by atoms with Gasteiger partial charge in [0.1, 0.15) is 11.6 Å². The van der Waals surface area contributed by atoms with Crippen LogP contribution in [0.2, 0.25) is 0 Å². The van der Waals surface area contributed by atoms with Crippen LogP contribution in [0, 0.1) is 17.0 Å². The lowest BCUT2D eigenvalue weighted by atomic mass is 9.75. The third-order valence-corrected chi connectivity index (χ3v) is 5.43. The van der Waals surface area contributed by atoms with E-state index < -0.39 is 5.82 Å². The van der Waals surface area contributed by atoms with Gasteiger partial charge in [-0.15, -0.1) is 11.6 Å². The van der Waals surface area contributed by atoms with Crippen LogP contribution in [0.5, 0.6) is 0 Å². The molecule has 0 saturated heterocycles. The summed E-state index contributed by atoms with van der Waals surface area (Å²) < 4.78 is 28.0. The van der Waals surface area contributed by atoms with E-state index in [-0.39, 0.29) is 11.2 Å². The van der Waals surface area contributed by atoms with Crippen molar-refractivity contribution in [1.82, 2.24) is 0 Å². The molecule has 3 heteroatoms. The summed E-state index contributed by atoms with van der Waals surface area (Å²) in [6, 6.07) is 9.51. The quantitative estimate of drug-likeness (QED) is 0.550. The minimum Gasteiger partial charge on any atom is -0.207 e. The number of hydrogen-bond acceptors (Lipinski definition) is 0. The summed E-state index contributed by atoms with van der Waals surface area (Å²) in [5.41, 5.74) is 3.39. The molecule has 0 aliphatic heterocycles. The maximum atomic E-state index is 14.3. The van der Waals surface area contributed by atoms with Crippen molar-refractivity contribution < 1.29 is 8.78 Å². The first-order valence-electron chi connectivity index (χ1n) is 8.06. The number of benzene rings is 2. The Morgan fingerprint density at radius 3 is 2.52 bits per heavy atom. The van der Waals surface area contributed by atoms with Crippen LogP contribution in [0.3, 0.4) is 0 Å².